The molecule has 0 radical (unpaired) electrons. The molecule has 2 aromatic rings. The van der Waals surface area contributed by atoms with Crippen LogP contribution in [0.5, 0.6) is 5.75 Å². The van der Waals surface area contributed by atoms with Gasteiger partial charge >= 0.3 is 11.9 Å². The van der Waals surface area contributed by atoms with Crippen LogP contribution >= 0.6 is 0 Å². The van der Waals surface area contributed by atoms with Gasteiger partial charge in [-0.25, -0.2) is 0 Å². The third kappa shape index (κ3) is 18.5. The van der Waals surface area contributed by atoms with E-state index in [1.54, 1.807) is 51.1 Å². The molecular formula is C61H88N12O27. The quantitative estimate of drug-likeness (QED) is 0.0516. The van der Waals surface area contributed by atoms with Crippen LogP contribution in [0.15, 0.2) is 64.6 Å². The molecule has 100 heavy (non-hydrogen) atoms. The van der Waals surface area contributed by atoms with Crippen molar-refractivity contribution >= 4 is 59.3 Å². The number of nitrogens with one attached hydrogen (secondary N) is 7. The standard InChI is InChI=1S/C61H88N12O27/c1-23(2)14-37(79)99-51-44(83)35(22-94-25(4)77)98-59(49(51)88)100-50-34(21-76)97-58(48(87)46(50)85)95-28-12-10-26(11-13-28)15-29-53(90)71-39(41(80)30-16-65-60(62)69-30)56(93)72-40(42(81)32-17-66-61(63)73(32)57-47(86)45(84)43(82)33(20-75)96-57)55(92)68-31(19-74)52(89)64-18-36(78)70-38(54(91)67-29)24(3)27-8-6-5-7-9-27/h5-13,23-24,29-35,38-51,57-59,74-76,80-88H,14-22H2,1-4H3,(H2,63,66)(H,64,89)(H,67,91)(H,68,92)(H,70,78)(H,71,90)(H,72,93)(H3,62,65,69)/t24?,29-,30?,31+,32?,33-,34-,35-,38+,39+,40-,41?,42?,43-,44-,45+,46-,47+,48+,49+,50-,51+,57+,58+,59-/m1/s1. The minimum Gasteiger partial charge on any atom is -0.463 e. The van der Waals surface area contributed by atoms with Crippen LogP contribution in [-0.4, -0.2) is 318 Å². The molecule has 4 saturated heterocycles. The van der Waals surface area contributed by atoms with Gasteiger partial charge in [-0.05, 0) is 29.2 Å². The molecular weight excluding hydrogens is 1330 g/mol. The van der Waals surface area contributed by atoms with Gasteiger partial charge < -0.3 is 148 Å². The first-order valence-electron chi connectivity index (χ1n) is 32.1. The van der Waals surface area contributed by atoms with Crippen LogP contribution in [0.25, 0.3) is 0 Å². The normalized spacial score (nSPS) is 35.1. The molecule has 0 spiro atoms. The van der Waals surface area contributed by atoms with Crippen molar-refractivity contribution in [2.45, 2.75) is 193 Å². The van der Waals surface area contributed by atoms with Gasteiger partial charge in [-0.2, -0.15) is 0 Å². The Morgan fingerprint density at radius 3 is 1.88 bits per heavy atom. The Bertz CT molecular complexity index is 3230. The Labute approximate surface area is 570 Å². The van der Waals surface area contributed by atoms with Crippen molar-refractivity contribution in [3.63, 3.8) is 0 Å². The summed E-state index contributed by atoms with van der Waals surface area (Å²) in [5.74, 6) is -10.9. The van der Waals surface area contributed by atoms with Crippen LogP contribution in [0.2, 0.25) is 0 Å². The molecule has 0 aliphatic carbocycles. The molecule has 2 aromatic carbocycles. The van der Waals surface area contributed by atoms with Crippen LogP contribution < -0.4 is 53.4 Å². The number of amides is 6. The number of benzene rings is 2. The summed E-state index contributed by atoms with van der Waals surface area (Å²) in [5, 5.41) is 150. The Balaban J connectivity index is 1.09. The van der Waals surface area contributed by atoms with Crippen molar-refractivity contribution < 1.29 is 133 Å². The number of rotatable bonds is 21. The highest BCUT2D eigenvalue weighted by molar-refractivity contribution is 5.98. The summed E-state index contributed by atoms with van der Waals surface area (Å²) in [6.07, 6.45) is -32.3. The predicted molar refractivity (Wildman–Crippen MR) is 336 cm³/mol. The van der Waals surface area contributed by atoms with E-state index in [0.717, 1.165) is 11.8 Å². The maximum atomic E-state index is 15.2. The molecule has 4 fully saturated rings. The lowest BCUT2D eigenvalue weighted by atomic mass is 9.92. The SMILES string of the molecule is CC(=O)OC[C@H]1O[C@H](O[C@H]2[C@H](O)[C@H](O)[C@@H](Oc3ccc(C[C@H]4NC(=O)[C@H](C(C)c5ccccc5)NC(=O)CNC(=O)[C@H](CO)NC(=O)[C@@H](C(O)C5CN=C(N)N5[C@H]5O[C@H](CO)[C@@H](O)[C@H](O)[C@@H]5O)NC(=O)[C@H](C(O)C5CN=C(N)N5)NC4=O)cc3)O[C@@H]2CO)[C@@H](O)[C@@H](OC(=O)CC(C)C)[C@@H]1O. The number of carbonyl (C=O) groups is 8. The lowest BCUT2D eigenvalue weighted by molar-refractivity contribution is -0.353. The van der Waals surface area contributed by atoms with Crippen LogP contribution in [0, 0.1) is 5.92 Å². The van der Waals surface area contributed by atoms with Crippen LogP contribution in [0.4, 0.5) is 0 Å². The smallest absolute Gasteiger partial charge is 0.306 e. The Hall–Kier alpha value is -8.10. The second kappa shape index (κ2) is 34.5. The maximum Gasteiger partial charge on any atom is 0.306 e. The number of nitrogens with two attached hydrogens (primary N) is 2. The van der Waals surface area contributed by atoms with Crippen molar-refractivity contribution in [2.75, 3.05) is 46.1 Å². The third-order valence-corrected chi connectivity index (χ3v) is 17.6. The van der Waals surface area contributed by atoms with Crippen molar-refractivity contribution in [3.05, 3.63) is 65.7 Å². The molecule has 0 aromatic heterocycles. The predicted octanol–water partition coefficient (Wildman–Crippen LogP) is -11.4. The fourth-order valence-corrected chi connectivity index (χ4v) is 12.0. The number of aliphatic imine (C=N–C) groups is 2. The van der Waals surface area contributed by atoms with Crippen LogP contribution in [-0.2, 0) is 73.2 Å². The second-order valence-corrected chi connectivity index (χ2v) is 25.2. The lowest BCUT2D eigenvalue weighted by Crippen LogP contribution is -2.70. The lowest BCUT2D eigenvalue weighted by Gasteiger charge is -2.46. The fourth-order valence-electron chi connectivity index (χ4n) is 12.0. The van der Waals surface area contributed by atoms with E-state index in [0.29, 0.717) is 5.56 Å². The number of ether oxygens (including phenoxy) is 7. The molecule has 0 saturated carbocycles. The molecule has 6 aliphatic heterocycles. The van der Waals surface area contributed by atoms with Gasteiger partial charge in [0.25, 0.3) is 0 Å². The summed E-state index contributed by atoms with van der Waals surface area (Å²) in [6.45, 7) is 0.646. The number of hydrogen-bond donors (Lipinski definition) is 21. The summed E-state index contributed by atoms with van der Waals surface area (Å²) < 4.78 is 39.5. The van der Waals surface area contributed by atoms with E-state index in [4.69, 9.17) is 44.6 Å². The van der Waals surface area contributed by atoms with Gasteiger partial charge in [0.2, 0.25) is 41.7 Å². The molecule has 6 aliphatic rings. The topological polar surface area (TPSA) is 608 Å². The molecule has 0 bridgehead atoms. The second-order valence-electron chi connectivity index (χ2n) is 25.2. The van der Waals surface area contributed by atoms with Gasteiger partial charge in [0.15, 0.2) is 30.5 Å². The molecule has 39 heteroatoms. The van der Waals surface area contributed by atoms with Crippen molar-refractivity contribution in [1.82, 2.24) is 42.1 Å². The minimum absolute atomic E-state index is 0.0973. The van der Waals surface area contributed by atoms with Gasteiger partial charge in [0.05, 0.1) is 51.5 Å². The first kappa shape index (κ1) is 77.6. The monoisotopic (exact) mass is 1420 g/mol. The van der Waals surface area contributed by atoms with Gasteiger partial charge in [-0.15, -0.1) is 0 Å². The Morgan fingerprint density at radius 2 is 1.25 bits per heavy atom. The first-order valence-corrected chi connectivity index (χ1v) is 32.1. The highest BCUT2D eigenvalue weighted by atomic mass is 16.7. The number of carbonyl (C=O) groups excluding carboxylic acids is 8. The summed E-state index contributed by atoms with van der Waals surface area (Å²) in [7, 11) is 0. The number of aliphatic hydroxyl groups excluding tert-OH is 12. The highest BCUT2D eigenvalue weighted by Gasteiger charge is 2.55. The van der Waals surface area contributed by atoms with E-state index in [1.165, 1.54) is 24.3 Å². The zero-order valence-corrected chi connectivity index (χ0v) is 54.6. The number of esters is 2. The summed E-state index contributed by atoms with van der Waals surface area (Å²) in [4.78, 5) is 121. The van der Waals surface area contributed by atoms with Gasteiger partial charge in [-0.3, -0.25) is 48.3 Å². The van der Waals surface area contributed by atoms with E-state index in [2.05, 4.69) is 47.2 Å². The van der Waals surface area contributed by atoms with Gasteiger partial charge in [0.1, 0.15) is 122 Å². The zero-order chi connectivity index (χ0) is 73.1. The zero-order valence-electron chi connectivity index (χ0n) is 54.6. The van der Waals surface area contributed by atoms with Crippen LogP contribution in [0.3, 0.4) is 0 Å². The number of hydrogen-bond acceptors (Lipinski definition) is 33. The largest absolute Gasteiger partial charge is 0.463 e. The summed E-state index contributed by atoms with van der Waals surface area (Å²) >= 11 is 0. The van der Waals surface area contributed by atoms with Gasteiger partial charge in [0, 0.05) is 25.7 Å². The fraction of sp³-hybridized carbons (Fsp3) is 0.639. The van der Waals surface area contributed by atoms with Crippen molar-refractivity contribution in [2.24, 2.45) is 27.4 Å². The average molecular weight is 1420 g/mol. The van der Waals surface area contributed by atoms with Crippen molar-refractivity contribution in [3.8, 4) is 5.75 Å². The molecule has 39 nitrogen and oxygen atoms in total. The molecule has 8 rings (SSSR count). The number of nitrogens with zero attached hydrogens (tertiary/aromatic N) is 3. The van der Waals surface area contributed by atoms with E-state index < -0.39 is 252 Å². The molecule has 6 heterocycles. The average Bonchev–Trinajstić information content (AvgIpc) is 1.46. The van der Waals surface area contributed by atoms with E-state index in [9.17, 15) is 90.0 Å². The Kier molecular flexibility index (Phi) is 26.8. The highest BCUT2D eigenvalue weighted by Crippen LogP contribution is 2.34. The molecule has 554 valence electrons. The molecule has 25 atom stereocenters. The van der Waals surface area contributed by atoms with E-state index >= 15 is 9.59 Å². The van der Waals surface area contributed by atoms with Crippen molar-refractivity contribution in [1.29, 1.82) is 0 Å². The van der Waals surface area contributed by atoms with Crippen LogP contribution in [0.1, 0.15) is 51.2 Å². The van der Waals surface area contributed by atoms with Gasteiger partial charge in [-0.1, -0.05) is 63.2 Å². The molecule has 23 N–H and O–H groups in total. The first-order chi connectivity index (χ1) is 47.4. The van der Waals surface area contributed by atoms with E-state index in [-0.39, 0.29) is 36.2 Å². The molecule has 6 amide bonds. The number of guanidine groups is 2. The maximum absolute atomic E-state index is 15.2. The molecule has 5 unspecified atom stereocenters. The Morgan fingerprint density at radius 1 is 0.620 bits per heavy atom. The summed E-state index contributed by atoms with van der Waals surface area (Å²) in [6, 6.07) is 0.655. The third-order valence-electron chi connectivity index (χ3n) is 17.6. The summed E-state index contributed by atoms with van der Waals surface area (Å²) in [5.41, 5.74) is 12.8. The number of aliphatic hydroxyl groups is 12. The minimum atomic E-state index is -2.36. The van der Waals surface area contributed by atoms with E-state index in [1.807, 2.05) is 0 Å².